The number of nitrogens with one attached hydrogen (secondary N) is 1. The smallest absolute Gasteiger partial charge is 0.237 e. The predicted molar refractivity (Wildman–Crippen MR) is 69.5 cm³/mol. The van der Waals surface area contributed by atoms with Crippen LogP contribution in [0.5, 0.6) is 0 Å². The van der Waals surface area contributed by atoms with Crippen LogP contribution in [0, 0.1) is 11.3 Å². The summed E-state index contributed by atoms with van der Waals surface area (Å²) in [7, 11) is 0. The molecule has 0 aromatic carbocycles. The Hall–Kier alpha value is -1.08. The molecule has 4 nitrogen and oxygen atoms in total. The standard InChI is InChI=1S/C13H25N3O/c1-5-8-11(3)15-13(17)12(4)16(6-2)10-7-9-14/h11-12H,5-8,10H2,1-4H3,(H,15,17). The number of hydrogen-bond donors (Lipinski definition) is 1. The molecule has 0 aromatic rings. The summed E-state index contributed by atoms with van der Waals surface area (Å²) >= 11 is 0. The lowest BCUT2D eigenvalue weighted by Gasteiger charge is -2.27. The van der Waals surface area contributed by atoms with Crippen LogP contribution >= 0.6 is 0 Å². The van der Waals surface area contributed by atoms with Gasteiger partial charge in [-0.15, -0.1) is 0 Å². The first kappa shape index (κ1) is 15.9. The Labute approximate surface area is 105 Å². The van der Waals surface area contributed by atoms with Gasteiger partial charge in [-0.25, -0.2) is 0 Å². The minimum absolute atomic E-state index is 0.0609. The molecule has 0 radical (unpaired) electrons. The normalized spacial score (nSPS) is 14.1. The van der Waals surface area contributed by atoms with Crippen molar-refractivity contribution in [1.29, 1.82) is 5.26 Å². The number of nitriles is 1. The molecule has 17 heavy (non-hydrogen) atoms. The van der Waals surface area contributed by atoms with Gasteiger partial charge in [0.15, 0.2) is 0 Å². The van der Waals surface area contributed by atoms with Gasteiger partial charge in [-0.1, -0.05) is 20.3 Å². The molecule has 4 heteroatoms. The number of carbonyl (C=O) groups excluding carboxylic acids is 1. The van der Waals surface area contributed by atoms with Gasteiger partial charge in [0.05, 0.1) is 12.1 Å². The third kappa shape index (κ3) is 6.28. The molecule has 2 unspecified atom stereocenters. The van der Waals surface area contributed by atoms with E-state index in [0.717, 1.165) is 19.4 Å². The van der Waals surface area contributed by atoms with Crippen LogP contribution in [-0.4, -0.2) is 36.0 Å². The average Bonchev–Trinajstić information content (AvgIpc) is 2.29. The van der Waals surface area contributed by atoms with E-state index >= 15 is 0 Å². The molecule has 0 aliphatic rings. The van der Waals surface area contributed by atoms with E-state index in [9.17, 15) is 4.79 Å². The van der Waals surface area contributed by atoms with Crippen LogP contribution in [0.4, 0.5) is 0 Å². The summed E-state index contributed by atoms with van der Waals surface area (Å²) < 4.78 is 0. The van der Waals surface area contributed by atoms with Gasteiger partial charge >= 0.3 is 0 Å². The van der Waals surface area contributed by atoms with Crippen molar-refractivity contribution in [2.24, 2.45) is 0 Å². The number of hydrogen-bond acceptors (Lipinski definition) is 3. The molecule has 1 amide bonds. The van der Waals surface area contributed by atoms with Crippen LogP contribution in [0.15, 0.2) is 0 Å². The van der Waals surface area contributed by atoms with Crippen LogP contribution in [-0.2, 0) is 4.79 Å². The van der Waals surface area contributed by atoms with Crippen molar-refractivity contribution in [2.45, 2.75) is 59.0 Å². The fraction of sp³-hybridized carbons (Fsp3) is 0.846. The van der Waals surface area contributed by atoms with E-state index in [1.807, 2.05) is 25.7 Å². The maximum atomic E-state index is 12.0. The van der Waals surface area contributed by atoms with E-state index in [-0.39, 0.29) is 18.0 Å². The van der Waals surface area contributed by atoms with Gasteiger partial charge in [0.1, 0.15) is 0 Å². The molecule has 0 aliphatic carbocycles. The molecule has 0 aliphatic heterocycles. The lowest BCUT2D eigenvalue weighted by atomic mass is 10.1. The van der Waals surface area contributed by atoms with Crippen molar-refractivity contribution in [2.75, 3.05) is 13.1 Å². The van der Waals surface area contributed by atoms with Crippen LogP contribution in [0.1, 0.15) is 47.0 Å². The molecular weight excluding hydrogens is 214 g/mol. The Balaban J connectivity index is 4.21. The molecule has 0 aromatic heterocycles. The highest BCUT2D eigenvalue weighted by atomic mass is 16.2. The highest BCUT2D eigenvalue weighted by Gasteiger charge is 2.20. The number of rotatable bonds is 8. The molecule has 98 valence electrons. The Bertz CT molecular complexity index is 260. The van der Waals surface area contributed by atoms with E-state index in [4.69, 9.17) is 5.26 Å². The quantitative estimate of drug-likeness (QED) is 0.704. The molecule has 1 N–H and O–H groups in total. The fourth-order valence-electron chi connectivity index (χ4n) is 1.85. The second-order valence-corrected chi connectivity index (χ2v) is 4.41. The zero-order valence-corrected chi connectivity index (χ0v) is 11.5. The van der Waals surface area contributed by atoms with Gasteiger partial charge in [0, 0.05) is 19.0 Å². The van der Waals surface area contributed by atoms with E-state index in [1.165, 1.54) is 0 Å². The Morgan fingerprint density at radius 2 is 2.06 bits per heavy atom. The first-order valence-corrected chi connectivity index (χ1v) is 6.48. The number of amides is 1. The van der Waals surface area contributed by atoms with E-state index in [0.29, 0.717) is 13.0 Å². The SMILES string of the molecule is CCCC(C)NC(=O)C(C)N(CC)CCC#N. The van der Waals surface area contributed by atoms with Gasteiger partial charge in [0.2, 0.25) is 5.91 Å². The Kier molecular flexibility index (Phi) is 8.43. The van der Waals surface area contributed by atoms with Crippen molar-refractivity contribution in [3.8, 4) is 6.07 Å². The van der Waals surface area contributed by atoms with Crippen LogP contribution < -0.4 is 5.32 Å². The number of likely N-dealkylation sites (N-methyl/N-ethyl adjacent to an activating group) is 1. The summed E-state index contributed by atoms with van der Waals surface area (Å²) in [6.45, 7) is 9.49. The summed E-state index contributed by atoms with van der Waals surface area (Å²) in [5.41, 5.74) is 0. The van der Waals surface area contributed by atoms with Crippen LogP contribution in [0.25, 0.3) is 0 Å². The summed E-state index contributed by atoms with van der Waals surface area (Å²) in [5, 5.41) is 11.6. The van der Waals surface area contributed by atoms with Gasteiger partial charge < -0.3 is 5.32 Å². The third-order valence-corrected chi connectivity index (χ3v) is 2.95. The molecule has 2 atom stereocenters. The molecule has 0 fully saturated rings. The van der Waals surface area contributed by atoms with Crippen LogP contribution in [0.2, 0.25) is 0 Å². The van der Waals surface area contributed by atoms with E-state index in [2.05, 4.69) is 18.3 Å². The second-order valence-electron chi connectivity index (χ2n) is 4.41. The maximum Gasteiger partial charge on any atom is 0.237 e. The molecule has 0 saturated heterocycles. The minimum atomic E-state index is -0.160. The van der Waals surface area contributed by atoms with Crippen molar-refractivity contribution < 1.29 is 4.79 Å². The topological polar surface area (TPSA) is 56.1 Å². The first-order chi connectivity index (χ1) is 8.06. The van der Waals surface area contributed by atoms with Crippen molar-refractivity contribution in [1.82, 2.24) is 10.2 Å². The van der Waals surface area contributed by atoms with Crippen molar-refractivity contribution in [3.05, 3.63) is 0 Å². The summed E-state index contributed by atoms with van der Waals surface area (Å²) in [6, 6.07) is 2.18. The first-order valence-electron chi connectivity index (χ1n) is 6.48. The van der Waals surface area contributed by atoms with Crippen LogP contribution in [0.3, 0.4) is 0 Å². The molecule has 0 spiro atoms. The summed E-state index contributed by atoms with van der Waals surface area (Å²) in [4.78, 5) is 14.0. The van der Waals surface area contributed by atoms with Crippen molar-refractivity contribution in [3.63, 3.8) is 0 Å². The van der Waals surface area contributed by atoms with Gasteiger partial charge in [-0.05, 0) is 26.8 Å². The molecular formula is C13H25N3O. The zero-order chi connectivity index (χ0) is 13.3. The molecule has 0 saturated carbocycles. The Morgan fingerprint density at radius 1 is 1.41 bits per heavy atom. The number of carbonyl (C=O) groups is 1. The summed E-state index contributed by atoms with van der Waals surface area (Å²) in [6.07, 6.45) is 2.54. The van der Waals surface area contributed by atoms with E-state index < -0.39 is 0 Å². The average molecular weight is 239 g/mol. The zero-order valence-electron chi connectivity index (χ0n) is 11.5. The number of nitrogens with zero attached hydrogens (tertiary/aromatic N) is 2. The molecule has 0 rings (SSSR count). The van der Waals surface area contributed by atoms with E-state index in [1.54, 1.807) is 0 Å². The highest BCUT2D eigenvalue weighted by molar-refractivity contribution is 5.81. The highest BCUT2D eigenvalue weighted by Crippen LogP contribution is 2.02. The summed E-state index contributed by atoms with van der Waals surface area (Å²) in [5.74, 6) is 0.0609. The third-order valence-electron chi connectivity index (χ3n) is 2.95. The molecule has 0 bridgehead atoms. The van der Waals surface area contributed by atoms with Gasteiger partial charge in [-0.2, -0.15) is 5.26 Å². The van der Waals surface area contributed by atoms with Crippen molar-refractivity contribution >= 4 is 5.91 Å². The predicted octanol–water partition coefficient (Wildman–Crippen LogP) is 1.92. The fourth-order valence-corrected chi connectivity index (χ4v) is 1.85. The minimum Gasteiger partial charge on any atom is -0.352 e. The second kappa shape index (κ2) is 9.00. The van der Waals surface area contributed by atoms with Gasteiger partial charge in [0.25, 0.3) is 0 Å². The lowest BCUT2D eigenvalue weighted by molar-refractivity contribution is -0.126. The maximum absolute atomic E-state index is 12.0. The monoisotopic (exact) mass is 239 g/mol. The Morgan fingerprint density at radius 3 is 2.53 bits per heavy atom. The largest absolute Gasteiger partial charge is 0.352 e. The van der Waals surface area contributed by atoms with Gasteiger partial charge in [-0.3, -0.25) is 9.69 Å². The molecule has 0 heterocycles. The lowest BCUT2D eigenvalue weighted by Crippen LogP contribution is -2.47.